The van der Waals surface area contributed by atoms with E-state index in [4.69, 9.17) is 0 Å². The molecule has 2 aromatic rings. The Labute approximate surface area is 103 Å². The second-order valence-electron chi connectivity index (χ2n) is 3.79. The van der Waals surface area contributed by atoms with E-state index in [1.807, 2.05) is 7.05 Å². The minimum Gasteiger partial charge on any atom is -0.350 e. The molecule has 0 spiro atoms. The summed E-state index contributed by atoms with van der Waals surface area (Å²) in [6.45, 7) is 0.433. The molecule has 2 N–H and O–H groups in total. The highest BCUT2D eigenvalue weighted by atomic mass is 16.2. The van der Waals surface area contributed by atoms with E-state index in [-0.39, 0.29) is 17.2 Å². The molecule has 2 heterocycles. The number of pyridine rings is 1. The van der Waals surface area contributed by atoms with Crippen LogP contribution in [0, 0.1) is 0 Å². The number of aromatic amines is 1. The third-order valence-electron chi connectivity index (χ3n) is 2.45. The molecule has 0 aliphatic rings. The fourth-order valence-corrected chi connectivity index (χ4v) is 1.50. The summed E-state index contributed by atoms with van der Waals surface area (Å²) < 4.78 is 1.79. The van der Waals surface area contributed by atoms with Crippen molar-refractivity contribution in [2.24, 2.45) is 7.05 Å². The van der Waals surface area contributed by atoms with Gasteiger partial charge in [0.2, 0.25) is 5.56 Å². The highest BCUT2D eigenvalue weighted by Gasteiger charge is 2.06. The van der Waals surface area contributed by atoms with Crippen LogP contribution in [-0.4, -0.2) is 32.2 Å². The van der Waals surface area contributed by atoms with Crippen LogP contribution in [0.3, 0.4) is 0 Å². The molecular formula is C11H13N5O2. The number of aromatic nitrogens is 4. The molecular weight excluding hydrogens is 234 g/mol. The van der Waals surface area contributed by atoms with Crippen molar-refractivity contribution >= 4 is 5.91 Å². The molecule has 0 aliphatic heterocycles. The predicted molar refractivity (Wildman–Crippen MR) is 64.1 cm³/mol. The van der Waals surface area contributed by atoms with Gasteiger partial charge in [-0.2, -0.15) is 0 Å². The van der Waals surface area contributed by atoms with Gasteiger partial charge in [0.1, 0.15) is 17.8 Å². The summed E-state index contributed by atoms with van der Waals surface area (Å²) in [4.78, 5) is 25.2. The van der Waals surface area contributed by atoms with Gasteiger partial charge in [0.25, 0.3) is 5.91 Å². The summed E-state index contributed by atoms with van der Waals surface area (Å²) in [7, 11) is 1.84. The van der Waals surface area contributed by atoms with E-state index in [0.29, 0.717) is 13.0 Å². The maximum absolute atomic E-state index is 11.7. The first-order chi connectivity index (χ1) is 8.66. The molecule has 0 saturated heterocycles. The summed E-state index contributed by atoms with van der Waals surface area (Å²) in [6, 6.07) is 4.45. The van der Waals surface area contributed by atoms with E-state index in [1.54, 1.807) is 17.0 Å². The van der Waals surface area contributed by atoms with Gasteiger partial charge in [-0.15, -0.1) is 10.2 Å². The van der Waals surface area contributed by atoms with Crippen LogP contribution in [0.2, 0.25) is 0 Å². The van der Waals surface area contributed by atoms with Crippen molar-refractivity contribution in [1.82, 2.24) is 25.1 Å². The van der Waals surface area contributed by atoms with Crippen molar-refractivity contribution in [3.05, 3.63) is 46.4 Å². The molecule has 7 nitrogen and oxygen atoms in total. The van der Waals surface area contributed by atoms with Gasteiger partial charge in [0.05, 0.1) is 0 Å². The monoisotopic (exact) mass is 247 g/mol. The van der Waals surface area contributed by atoms with Crippen molar-refractivity contribution in [1.29, 1.82) is 0 Å². The van der Waals surface area contributed by atoms with Gasteiger partial charge in [0.15, 0.2) is 0 Å². The molecule has 7 heteroatoms. The first-order valence-corrected chi connectivity index (χ1v) is 5.47. The summed E-state index contributed by atoms with van der Waals surface area (Å²) in [5.41, 5.74) is -0.0450. The van der Waals surface area contributed by atoms with Crippen molar-refractivity contribution in [2.75, 3.05) is 6.54 Å². The Balaban J connectivity index is 1.89. The van der Waals surface area contributed by atoms with Crippen LogP contribution < -0.4 is 10.9 Å². The molecule has 0 fully saturated rings. The highest BCUT2D eigenvalue weighted by molar-refractivity contribution is 5.92. The molecule has 1 amide bonds. The second kappa shape index (κ2) is 5.26. The summed E-state index contributed by atoms with van der Waals surface area (Å²) in [5, 5.41) is 10.3. The van der Waals surface area contributed by atoms with Gasteiger partial charge in [-0.25, -0.2) is 0 Å². The Morgan fingerprint density at radius 1 is 1.50 bits per heavy atom. The fraction of sp³-hybridized carbons (Fsp3) is 0.273. The van der Waals surface area contributed by atoms with E-state index >= 15 is 0 Å². The second-order valence-corrected chi connectivity index (χ2v) is 3.79. The fourth-order valence-electron chi connectivity index (χ4n) is 1.50. The molecule has 0 unspecified atom stereocenters. The normalized spacial score (nSPS) is 10.3. The van der Waals surface area contributed by atoms with Crippen molar-refractivity contribution in [3.8, 4) is 0 Å². The maximum atomic E-state index is 11.7. The number of hydrogen-bond acceptors (Lipinski definition) is 4. The van der Waals surface area contributed by atoms with Gasteiger partial charge in [-0.3, -0.25) is 9.59 Å². The predicted octanol–water partition coefficient (Wildman–Crippen LogP) is -0.524. The topological polar surface area (TPSA) is 92.7 Å². The minimum absolute atomic E-state index is 0.250. The molecule has 94 valence electrons. The van der Waals surface area contributed by atoms with Crippen LogP contribution in [0.15, 0.2) is 29.3 Å². The minimum atomic E-state index is -0.310. The van der Waals surface area contributed by atoms with Crippen molar-refractivity contribution < 1.29 is 4.79 Å². The van der Waals surface area contributed by atoms with Gasteiger partial charge in [0, 0.05) is 26.1 Å². The van der Waals surface area contributed by atoms with E-state index in [1.165, 1.54) is 12.1 Å². The first kappa shape index (κ1) is 12.0. The number of carbonyl (C=O) groups excluding carboxylic acids is 1. The Morgan fingerprint density at radius 2 is 2.33 bits per heavy atom. The maximum Gasteiger partial charge on any atom is 0.267 e. The lowest BCUT2D eigenvalue weighted by Gasteiger charge is -2.04. The van der Waals surface area contributed by atoms with E-state index in [0.717, 1.165) is 5.82 Å². The van der Waals surface area contributed by atoms with E-state index in [2.05, 4.69) is 20.5 Å². The largest absolute Gasteiger partial charge is 0.350 e. The number of H-pyrrole nitrogens is 1. The average Bonchev–Trinajstić information content (AvgIpc) is 2.75. The van der Waals surface area contributed by atoms with E-state index < -0.39 is 0 Å². The van der Waals surface area contributed by atoms with Crippen molar-refractivity contribution in [2.45, 2.75) is 6.42 Å². The molecule has 0 aromatic carbocycles. The molecule has 18 heavy (non-hydrogen) atoms. The average molecular weight is 247 g/mol. The first-order valence-electron chi connectivity index (χ1n) is 5.47. The molecule has 0 saturated carbocycles. The quantitative estimate of drug-likeness (QED) is 0.760. The molecule has 0 atom stereocenters. The summed E-state index contributed by atoms with van der Waals surface area (Å²) in [6.07, 6.45) is 2.19. The zero-order valence-corrected chi connectivity index (χ0v) is 9.88. The van der Waals surface area contributed by atoms with Crippen LogP contribution in [0.1, 0.15) is 16.3 Å². The molecule has 2 aromatic heterocycles. The molecule has 0 radical (unpaired) electrons. The van der Waals surface area contributed by atoms with Crippen LogP contribution in [0.25, 0.3) is 0 Å². The number of nitrogens with zero attached hydrogens (tertiary/aromatic N) is 3. The molecule has 0 bridgehead atoms. The third kappa shape index (κ3) is 2.82. The number of nitrogens with one attached hydrogen (secondary N) is 2. The molecule has 0 aliphatic carbocycles. The Bertz CT molecular complexity index is 601. The third-order valence-corrected chi connectivity index (χ3v) is 2.45. The van der Waals surface area contributed by atoms with Crippen LogP contribution >= 0.6 is 0 Å². The lowest BCUT2D eigenvalue weighted by Crippen LogP contribution is -2.28. The summed E-state index contributed by atoms with van der Waals surface area (Å²) in [5.74, 6) is 0.478. The Morgan fingerprint density at radius 3 is 3.00 bits per heavy atom. The lowest BCUT2D eigenvalue weighted by atomic mass is 10.3. The number of aryl methyl sites for hydroxylation is 1. The van der Waals surface area contributed by atoms with Gasteiger partial charge >= 0.3 is 0 Å². The number of rotatable bonds is 4. The zero-order chi connectivity index (χ0) is 13.0. The number of hydrogen-bond donors (Lipinski definition) is 2. The number of carbonyl (C=O) groups is 1. The van der Waals surface area contributed by atoms with Crippen LogP contribution in [0.5, 0.6) is 0 Å². The van der Waals surface area contributed by atoms with Crippen LogP contribution in [-0.2, 0) is 13.5 Å². The van der Waals surface area contributed by atoms with Gasteiger partial charge in [-0.05, 0) is 6.07 Å². The summed E-state index contributed by atoms with van der Waals surface area (Å²) >= 11 is 0. The standard InChI is InChI=1S/C11H13N5O2/c1-16-7-13-15-9(16)5-6-12-11(18)8-3-2-4-10(17)14-8/h2-4,7H,5-6H2,1H3,(H,12,18)(H,14,17). The van der Waals surface area contributed by atoms with Gasteiger partial charge < -0.3 is 14.9 Å². The van der Waals surface area contributed by atoms with Crippen molar-refractivity contribution in [3.63, 3.8) is 0 Å². The number of amides is 1. The Hall–Kier alpha value is -2.44. The SMILES string of the molecule is Cn1cnnc1CCNC(=O)c1cccc(=O)[nH]1. The van der Waals surface area contributed by atoms with E-state index in [9.17, 15) is 9.59 Å². The van der Waals surface area contributed by atoms with Gasteiger partial charge in [-0.1, -0.05) is 6.07 Å². The smallest absolute Gasteiger partial charge is 0.267 e. The molecule has 2 rings (SSSR count). The Kier molecular flexibility index (Phi) is 3.52. The van der Waals surface area contributed by atoms with Crippen LogP contribution in [0.4, 0.5) is 0 Å². The zero-order valence-electron chi connectivity index (χ0n) is 9.88. The highest BCUT2D eigenvalue weighted by Crippen LogP contribution is 1.93. The lowest BCUT2D eigenvalue weighted by molar-refractivity contribution is 0.0948.